The van der Waals surface area contributed by atoms with Crippen LogP contribution < -0.4 is 10.6 Å². The number of hydrogen-bond donors (Lipinski definition) is 2. The quantitative estimate of drug-likeness (QED) is 0.499. The molecule has 1 aromatic heterocycles. The molecule has 37 heavy (non-hydrogen) atoms. The van der Waals surface area contributed by atoms with Crippen molar-refractivity contribution in [3.05, 3.63) is 63.7 Å². The Morgan fingerprint density at radius 3 is 2.86 bits per heavy atom. The van der Waals surface area contributed by atoms with Crippen molar-refractivity contribution in [2.75, 3.05) is 0 Å². The summed E-state index contributed by atoms with van der Waals surface area (Å²) in [7, 11) is 0. The highest BCUT2D eigenvalue weighted by molar-refractivity contribution is 7.18. The largest absolute Gasteiger partial charge is 0.446 e. The summed E-state index contributed by atoms with van der Waals surface area (Å²) in [5.41, 5.74) is 4.39. The zero-order chi connectivity index (χ0) is 25.7. The first-order chi connectivity index (χ1) is 17.9. The van der Waals surface area contributed by atoms with E-state index in [0.29, 0.717) is 24.4 Å². The average Bonchev–Trinajstić information content (AvgIpc) is 3.39. The van der Waals surface area contributed by atoms with E-state index in [1.165, 1.54) is 15.2 Å². The molecule has 3 aromatic rings. The SMILES string of the molecule is Cc1nc2c(C3CC(OC(=O)NCc4ccc5c(c4)C(=O)N(C4CCC(=O)NC4=O)C5)C3)cccc2s1. The Balaban J connectivity index is 1.02. The summed E-state index contributed by atoms with van der Waals surface area (Å²) in [6, 6.07) is 11.1. The Labute approximate surface area is 217 Å². The van der Waals surface area contributed by atoms with E-state index in [1.807, 2.05) is 19.1 Å². The molecule has 1 saturated heterocycles. The molecule has 1 atom stereocenters. The molecule has 3 heterocycles. The monoisotopic (exact) mass is 518 g/mol. The number of rotatable bonds is 5. The number of ether oxygens (including phenoxy) is 1. The van der Waals surface area contributed by atoms with Crippen LogP contribution in [0.3, 0.4) is 0 Å². The lowest BCUT2D eigenvalue weighted by molar-refractivity contribution is -0.136. The Hall–Kier alpha value is -3.79. The molecule has 0 spiro atoms. The molecule has 1 aliphatic carbocycles. The highest BCUT2D eigenvalue weighted by Crippen LogP contribution is 2.42. The molecule has 9 nitrogen and oxygen atoms in total. The number of alkyl carbamates (subject to hydrolysis) is 1. The Morgan fingerprint density at radius 2 is 2.05 bits per heavy atom. The van der Waals surface area contributed by atoms with Gasteiger partial charge in [-0.1, -0.05) is 24.3 Å². The van der Waals surface area contributed by atoms with Crippen molar-refractivity contribution in [1.82, 2.24) is 20.5 Å². The molecule has 1 saturated carbocycles. The van der Waals surface area contributed by atoms with Crippen LogP contribution in [0.5, 0.6) is 0 Å². The number of carbonyl (C=O) groups is 4. The molecule has 0 bridgehead atoms. The summed E-state index contributed by atoms with van der Waals surface area (Å²) in [6.45, 7) is 2.56. The summed E-state index contributed by atoms with van der Waals surface area (Å²) in [4.78, 5) is 55.2. The number of aromatic nitrogens is 1. The Bertz CT molecular complexity index is 1440. The summed E-state index contributed by atoms with van der Waals surface area (Å²) >= 11 is 1.69. The normalized spacial score (nSPS) is 23.0. The lowest BCUT2D eigenvalue weighted by Gasteiger charge is -2.35. The predicted molar refractivity (Wildman–Crippen MR) is 136 cm³/mol. The zero-order valence-corrected chi connectivity index (χ0v) is 21.1. The van der Waals surface area contributed by atoms with Crippen molar-refractivity contribution in [2.24, 2.45) is 0 Å². The van der Waals surface area contributed by atoms with Gasteiger partial charge in [-0.25, -0.2) is 9.78 Å². The standard InChI is InChI=1S/C27H26N4O5S/c1-14-29-24-19(3-2-4-22(24)37-14)17-10-18(11-17)36-27(35)28-12-15-5-6-16-13-31(26(34)20(16)9-15)21-7-8-23(32)30-25(21)33/h2-6,9,17-18,21H,7-8,10-13H2,1H3,(H,28,35)(H,30,32,33). The van der Waals surface area contributed by atoms with Crippen LogP contribution in [0.4, 0.5) is 4.79 Å². The minimum atomic E-state index is -0.646. The van der Waals surface area contributed by atoms with Crippen LogP contribution in [0.2, 0.25) is 0 Å². The number of nitrogens with zero attached hydrogens (tertiary/aromatic N) is 2. The van der Waals surface area contributed by atoms with Crippen LogP contribution in [0.25, 0.3) is 10.2 Å². The van der Waals surface area contributed by atoms with E-state index in [9.17, 15) is 19.2 Å². The first-order valence-electron chi connectivity index (χ1n) is 12.4. The Morgan fingerprint density at radius 1 is 1.22 bits per heavy atom. The van der Waals surface area contributed by atoms with Crippen molar-refractivity contribution in [3.8, 4) is 0 Å². The van der Waals surface area contributed by atoms with Gasteiger partial charge in [0.1, 0.15) is 12.1 Å². The molecular formula is C27H26N4O5S. The number of para-hydroxylation sites is 1. The molecule has 190 valence electrons. The van der Waals surface area contributed by atoms with E-state index in [4.69, 9.17) is 4.74 Å². The van der Waals surface area contributed by atoms with Gasteiger partial charge in [-0.15, -0.1) is 11.3 Å². The fraction of sp³-hybridized carbons (Fsp3) is 0.370. The van der Waals surface area contributed by atoms with Gasteiger partial charge in [0.25, 0.3) is 5.91 Å². The number of amides is 4. The van der Waals surface area contributed by atoms with Crippen molar-refractivity contribution in [2.45, 2.75) is 63.8 Å². The molecule has 10 heteroatoms. The average molecular weight is 519 g/mol. The molecule has 2 aliphatic heterocycles. The predicted octanol–water partition coefficient (Wildman–Crippen LogP) is 3.54. The van der Waals surface area contributed by atoms with Crippen LogP contribution in [0.1, 0.15) is 63.7 Å². The molecule has 2 N–H and O–H groups in total. The second-order valence-electron chi connectivity index (χ2n) is 9.87. The van der Waals surface area contributed by atoms with Crippen molar-refractivity contribution in [3.63, 3.8) is 0 Å². The molecular weight excluding hydrogens is 492 g/mol. The van der Waals surface area contributed by atoms with Gasteiger partial charge in [0.15, 0.2) is 0 Å². The first-order valence-corrected chi connectivity index (χ1v) is 13.2. The van der Waals surface area contributed by atoms with Crippen LogP contribution in [0.15, 0.2) is 36.4 Å². The molecule has 2 fully saturated rings. The van der Waals surface area contributed by atoms with Gasteiger partial charge in [0, 0.05) is 25.1 Å². The van der Waals surface area contributed by atoms with Gasteiger partial charge < -0.3 is 15.0 Å². The van der Waals surface area contributed by atoms with Gasteiger partial charge in [-0.2, -0.15) is 0 Å². The summed E-state index contributed by atoms with van der Waals surface area (Å²) in [6.07, 6.45) is 1.46. The number of carbonyl (C=O) groups excluding carboxylic acids is 4. The molecule has 1 unspecified atom stereocenters. The van der Waals surface area contributed by atoms with E-state index in [2.05, 4.69) is 33.8 Å². The third-order valence-corrected chi connectivity index (χ3v) is 8.33. The minimum Gasteiger partial charge on any atom is -0.446 e. The molecule has 4 amide bonds. The van der Waals surface area contributed by atoms with Crippen molar-refractivity contribution < 1.29 is 23.9 Å². The molecule has 3 aliphatic rings. The maximum Gasteiger partial charge on any atom is 0.407 e. The van der Waals surface area contributed by atoms with E-state index >= 15 is 0 Å². The maximum atomic E-state index is 13.0. The second kappa shape index (κ2) is 9.26. The number of aryl methyl sites for hydroxylation is 1. The number of fused-ring (bicyclic) bond motifs is 2. The fourth-order valence-corrected chi connectivity index (χ4v) is 6.27. The van der Waals surface area contributed by atoms with E-state index in [-0.39, 0.29) is 30.9 Å². The lowest BCUT2D eigenvalue weighted by atomic mass is 9.77. The first kappa shape index (κ1) is 23.6. The topological polar surface area (TPSA) is 118 Å². The van der Waals surface area contributed by atoms with Crippen molar-refractivity contribution >= 4 is 45.4 Å². The maximum absolute atomic E-state index is 13.0. The number of hydrogen-bond acceptors (Lipinski definition) is 7. The summed E-state index contributed by atoms with van der Waals surface area (Å²) in [5.74, 6) is -0.647. The number of benzene rings is 2. The van der Waals surface area contributed by atoms with Gasteiger partial charge in [0.2, 0.25) is 11.8 Å². The van der Waals surface area contributed by atoms with Crippen molar-refractivity contribution in [1.29, 1.82) is 0 Å². The van der Waals surface area contributed by atoms with Crippen LogP contribution >= 0.6 is 11.3 Å². The Kier molecular flexibility index (Phi) is 5.91. The highest BCUT2D eigenvalue weighted by atomic mass is 32.1. The number of nitrogens with one attached hydrogen (secondary N) is 2. The third kappa shape index (κ3) is 4.46. The number of imide groups is 1. The van der Waals surface area contributed by atoms with E-state index < -0.39 is 18.0 Å². The molecule has 2 aromatic carbocycles. The zero-order valence-electron chi connectivity index (χ0n) is 20.3. The van der Waals surface area contributed by atoms with E-state index in [0.717, 1.165) is 34.5 Å². The highest BCUT2D eigenvalue weighted by Gasteiger charge is 2.39. The molecule has 0 radical (unpaired) electrons. The van der Waals surface area contributed by atoms with Crippen LogP contribution in [0, 0.1) is 6.92 Å². The van der Waals surface area contributed by atoms with Gasteiger partial charge >= 0.3 is 6.09 Å². The summed E-state index contributed by atoms with van der Waals surface area (Å²) < 4.78 is 6.78. The third-order valence-electron chi connectivity index (χ3n) is 7.39. The van der Waals surface area contributed by atoms with Crippen LogP contribution in [-0.2, 0) is 27.4 Å². The van der Waals surface area contributed by atoms with Gasteiger partial charge in [0.05, 0.1) is 15.2 Å². The van der Waals surface area contributed by atoms with Gasteiger partial charge in [-0.3, -0.25) is 19.7 Å². The fourth-order valence-electron chi connectivity index (χ4n) is 5.41. The summed E-state index contributed by atoms with van der Waals surface area (Å²) in [5, 5.41) is 6.13. The van der Waals surface area contributed by atoms with Crippen LogP contribution in [-0.4, -0.2) is 45.8 Å². The van der Waals surface area contributed by atoms with E-state index in [1.54, 1.807) is 17.4 Å². The number of thiazole rings is 1. The lowest BCUT2D eigenvalue weighted by Crippen LogP contribution is -2.52. The molecule has 6 rings (SSSR count). The second-order valence-corrected chi connectivity index (χ2v) is 11.1. The smallest absolute Gasteiger partial charge is 0.407 e. The minimum absolute atomic E-state index is 0.135. The number of piperidine rings is 1. The van der Waals surface area contributed by atoms with Gasteiger partial charge in [-0.05, 0) is 60.9 Å².